The molecule has 1 rings (SSSR count). The van der Waals surface area contributed by atoms with Gasteiger partial charge in [0.1, 0.15) is 0 Å². The van der Waals surface area contributed by atoms with Crippen LogP contribution in [0.4, 0.5) is 0 Å². The quantitative estimate of drug-likeness (QED) is 0.760. The van der Waals surface area contributed by atoms with E-state index in [2.05, 4.69) is 15.5 Å². The van der Waals surface area contributed by atoms with E-state index in [0.717, 1.165) is 12.8 Å². The molecule has 3 N–H and O–H groups in total. The largest absolute Gasteiger partial charge is 0.352 e. The highest BCUT2D eigenvalue weighted by Gasteiger charge is 2.33. The summed E-state index contributed by atoms with van der Waals surface area (Å²) in [6, 6.07) is 0. The van der Waals surface area contributed by atoms with Gasteiger partial charge in [0, 0.05) is 13.6 Å². The number of nitrogens with one attached hydrogen (secondary N) is 1. The highest BCUT2D eigenvalue weighted by Crippen LogP contribution is 2.28. The number of rotatable bonds is 5. The molecule has 0 spiro atoms. The monoisotopic (exact) mass is 226 g/mol. The first kappa shape index (κ1) is 12.6. The number of aromatic nitrogens is 2. The van der Waals surface area contributed by atoms with E-state index in [1.165, 1.54) is 7.05 Å². The third kappa shape index (κ3) is 2.06. The van der Waals surface area contributed by atoms with Gasteiger partial charge in [-0.05, 0) is 12.8 Å². The van der Waals surface area contributed by atoms with E-state index in [4.69, 9.17) is 10.3 Å². The van der Waals surface area contributed by atoms with Crippen molar-refractivity contribution in [1.29, 1.82) is 0 Å². The molecule has 0 bridgehead atoms. The Labute approximate surface area is 94.6 Å². The zero-order valence-corrected chi connectivity index (χ0v) is 9.91. The summed E-state index contributed by atoms with van der Waals surface area (Å²) in [5, 5.41) is 6.09. The van der Waals surface area contributed by atoms with Crippen molar-refractivity contribution in [3.63, 3.8) is 0 Å². The minimum atomic E-state index is -0.354. The summed E-state index contributed by atoms with van der Waals surface area (Å²) in [5.41, 5.74) is 5.43. The van der Waals surface area contributed by atoms with E-state index < -0.39 is 0 Å². The van der Waals surface area contributed by atoms with Gasteiger partial charge in [0.2, 0.25) is 5.89 Å². The average molecular weight is 226 g/mol. The minimum Gasteiger partial charge on any atom is -0.352 e. The van der Waals surface area contributed by atoms with Crippen molar-refractivity contribution in [2.24, 2.45) is 5.73 Å². The second kappa shape index (κ2) is 5.07. The summed E-state index contributed by atoms with van der Waals surface area (Å²) < 4.78 is 5.12. The van der Waals surface area contributed by atoms with Gasteiger partial charge in [-0.1, -0.05) is 19.0 Å². The lowest BCUT2D eigenvalue weighted by atomic mass is 9.82. The van der Waals surface area contributed by atoms with Crippen molar-refractivity contribution in [2.75, 3.05) is 13.6 Å². The fourth-order valence-corrected chi connectivity index (χ4v) is 1.57. The third-order valence-electron chi connectivity index (χ3n) is 3.05. The zero-order valence-electron chi connectivity index (χ0n) is 9.91. The van der Waals surface area contributed by atoms with Crippen LogP contribution in [-0.4, -0.2) is 29.6 Å². The lowest BCUT2D eigenvalue weighted by Crippen LogP contribution is -2.34. The number of hydrogen-bond acceptors (Lipinski definition) is 5. The lowest BCUT2D eigenvalue weighted by Gasteiger charge is -2.24. The third-order valence-corrected chi connectivity index (χ3v) is 3.05. The van der Waals surface area contributed by atoms with Crippen molar-refractivity contribution >= 4 is 5.91 Å². The zero-order chi connectivity index (χ0) is 12.2. The number of hydrogen-bond donors (Lipinski definition) is 2. The van der Waals surface area contributed by atoms with Crippen LogP contribution in [0.2, 0.25) is 0 Å². The Balaban J connectivity index is 3.03. The number of nitrogens with zero attached hydrogens (tertiary/aromatic N) is 2. The lowest BCUT2D eigenvalue weighted by molar-refractivity contribution is 0.0950. The summed E-state index contributed by atoms with van der Waals surface area (Å²) in [4.78, 5) is 15.4. The molecule has 1 amide bonds. The number of carbonyl (C=O) groups excluding carboxylic acids is 1. The topological polar surface area (TPSA) is 94.0 Å². The molecule has 0 aliphatic carbocycles. The van der Waals surface area contributed by atoms with Crippen LogP contribution in [-0.2, 0) is 5.41 Å². The van der Waals surface area contributed by atoms with Crippen LogP contribution in [0.3, 0.4) is 0 Å². The van der Waals surface area contributed by atoms with Gasteiger partial charge in [-0.2, -0.15) is 4.98 Å². The van der Waals surface area contributed by atoms with Crippen LogP contribution in [0.25, 0.3) is 0 Å². The molecule has 0 atom stereocenters. The van der Waals surface area contributed by atoms with Crippen LogP contribution < -0.4 is 11.1 Å². The fourth-order valence-electron chi connectivity index (χ4n) is 1.57. The Morgan fingerprint density at radius 3 is 2.56 bits per heavy atom. The molecular formula is C10H18N4O2. The summed E-state index contributed by atoms with van der Waals surface area (Å²) in [6.07, 6.45) is 1.60. The molecule has 0 unspecified atom stereocenters. The average Bonchev–Trinajstić information content (AvgIpc) is 2.81. The first-order valence-corrected chi connectivity index (χ1v) is 5.39. The molecule has 6 nitrogen and oxygen atoms in total. The van der Waals surface area contributed by atoms with Gasteiger partial charge < -0.3 is 15.6 Å². The van der Waals surface area contributed by atoms with Crippen molar-refractivity contribution in [3.05, 3.63) is 11.7 Å². The van der Waals surface area contributed by atoms with E-state index in [-0.39, 0.29) is 17.1 Å². The first-order chi connectivity index (χ1) is 7.63. The number of amides is 1. The van der Waals surface area contributed by atoms with Gasteiger partial charge in [-0.25, -0.2) is 0 Å². The molecule has 1 heterocycles. The summed E-state index contributed by atoms with van der Waals surface area (Å²) in [5.74, 6) is 0.143. The second-order valence-corrected chi connectivity index (χ2v) is 3.69. The highest BCUT2D eigenvalue weighted by atomic mass is 16.5. The van der Waals surface area contributed by atoms with Crippen molar-refractivity contribution < 1.29 is 9.32 Å². The maximum atomic E-state index is 11.3. The molecule has 90 valence electrons. The Kier molecular flexibility index (Phi) is 4.00. The maximum Gasteiger partial charge on any atom is 0.292 e. The Bertz CT molecular complexity index is 349. The summed E-state index contributed by atoms with van der Waals surface area (Å²) >= 11 is 0. The Morgan fingerprint density at radius 2 is 2.12 bits per heavy atom. The van der Waals surface area contributed by atoms with Gasteiger partial charge in [-0.15, -0.1) is 0 Å². The van der Waals surface area contributed by atoms with Crippen LogP contribution in [0, 0.1) is 0 Å². The SMILES string of the molecule is CCC(CC)(CN)c1nc(C(=O)NC)no1. The predicted molar refractivity (Wildman–Crippen MR) is 59.0 cm³/mol. The normalized spacial score (nSPS) is 11.5. The summed E-state index contributed by atoms with van der Waals surface area (Å²) in [6.45, 7) is 4.45. The number of carbonyl (C=O) groups is 1. The van der Waals surface area contributed by atoms with Crippen LogP contribution in [0.1, 0.15) is 43.2 Å². The predicted octanol–water partition coefficient (Wildman–Crippen LogP) is 0.446. The van der Waals surface area contributed by atoms with Crippen LogP contribution >= 0.6 is 0 Å². The second-order valence-electron chi connectivity index (χ2n) is 3.69. The van der Waals surface area contributed by atoms with E-state index in [0.29, 0.717) is 12.4 Å². The standard InChI is InChI=1S/C10H18N4O2/c1-4-10(5-2,6-11)9-13-7(14-16-9)8(15)12-3/h4-6,11H2,1-3H3,(H,12,15). The van der Waals surface area contributed by atoms with E-state index in [9.17, 15) is 4.79 Å². The van der Waals surface area contributed by atoms with Gasteiger partial charge >= 0.3 is 0 Å². The molecule has 0 radical (unpaired) electrons. The molecular weight excluding hydrogens is 208 g/mol. The molecule has 1 aromatic heterocycles. The van der Waals surface area contributed by atoms with Crippen molar-refractivity contribution in [2.45, 2.75) is 32.1 Å². The molecule has 6 heteroatoms. The van der Waals surface area contributed by atoms with Crippen LogP contribution in [0.15, 0.2) is 4.52 Å². The van der Waals surface area contributed by atoms with E-state index >= 15 is 0 Å². The molecule has 0 aromatic carbocycles. The fraction of sp³-hybridized carbons (Fsp3) is 0.700. The molecule has 0 saturated carbocycles. The number of nitrogens with two attached hydrogens (primary N) is 1. The highest BCUT2D eigenvalue weighted by molar-refractivity contribution is 5.89. The minimum absolute atomic E-state index is 0.0530. The molecule has 1 aromatic rings. The van der Waals surface area contributed by atoms with Crippen LogP contribution in [0.5, 0.6) is 0 Å². The smallest absolute Gasteiger partial charge is 0.292 e. The van der Waals surface area contributed by atoms with Gasteiger partial charge in [0.25, 0.3) is 11.7 Å². The van der Waals surface area contributed by atoms with Gasteiger partial charge in [-0.3, -0.25) is 4.79 Å². The molecule has 16 heavy (non-hydrogen) atoms. The van der Waals surface area contributed by atoms with Crippen molar-refractivity contribution in [1.82, 2.24) is 15.5 Å². The van der Waals surface area contributed by atoms with Crippen molar-refractivity contribution in [3.8, 4) is 0 Å². The molecule has 0 aliphatic rings. The molecule has 0 fully saturated rings. The molecule has 0 saturated heterocycles. The van der Waals surface area contributed by atoms with Gasteiger partial charge in [0.15, 0.2) is 0 Å². The van der Waals surface area contributed by atoms with E-state index in [1.807, 2.05) is 13.8 Å². The first-order valence-electron chi connectivity index (χ1n) is 5.39. The molecule has 0 aliphatic heterocycles. The van der Waals surface area contributed by atoms with E-state index in [1.54, 1.807) is 0 Å². The Morgan fingerprint density at radius 1 is 1.50 bits per heavy atom. The Hall–Kier alpha value is -1.43. The maximum absolute atomic E-state index is 11.3. The summed E-state index contributed by atoms with van der Waals surface area (Å²) in [7, 11) is 1.52. The van der Waals surface area contributed by atoms with Gasteiger partial charge in [0.05, 0.1) is 5.41 Å².